The first kappa shape index (κ1) is 18.6. The van der Waals surface area contributed by atoms with Crippen LogP contribution in [0.25, 0.3) is 0 Å². The lowest BCUT2D eigenvalue weighted by atomic mass is 9.90. The molecule has 1 amide bonds. The van der Waals surface area contributed by atoms with Crippen molar-refractivity contribution in [2.24, 2.45) is 0 Å². The van der Waals surface area contributed by atoms with Gasteiger partial charge < -0.3 is 14.8 Å². The number of aryl methyl sites for hydroxylation is 2. The lowest BCUT2D eigenvalue weighted by Gasteiger charge is -2.16. The van der Waals surface area contributed by atoms with Gasteiger partial charge in [-0.2, -0.15) is 0 Å². The van der Waals surface area contributed by atoms with Crippen molar-refractivity contribution in [2.75, 3.05) is 19.0 Å². The summed E-state index contributed by atoms with van der Waals surface area (Å²) in [6, 6.07) is 11.8. The van der Waals surface area contributed by atoms with Crippen molar-refractivity contribution in [3.8, 4) is 0 Å². The molecule has 0 saturated heterocycles. The van der Waals surface area contributed by atoms with Crippen LogP contribution in [0.1, 0.15) is 44.7 Å². The summed E-state index contributed by atoms with van der Waals surface area (Å²) < 4.78 is 9.72. The molecule has 0 saturated carbocycles. The fourth-order valence-electron chi connectivity index (χ4n) is 3.08. The van der Waals surface area contributed by atoms with E-state index in [2.05, 4.69) is 10.1 Å². The monoisotopic (exact) mass is 367 g/mol. The van der Waals surface area contributed by atoms with Crippen LogP contribution < -0.4 is 5.32 Å². The van der Waals surface area contributed by atoms with Gasteiger partial charge in [-0.3, -0.25) is 4.79 Å². The van der Waals surface area contributed by atoms with Crippen molar-refractivity contribution in [1.82, 2.24) is 0 Å². The SMILES string of the molecule is COC(=O)c1ccc(NC(=O)COC(=O)c2ccc3c(c2)CCCC3)cc1. The van der Waals surface area contributed by atoms with Crippen LogP contribution >= 0.6 is 0 Å². The molecule has 0 radical (unpaired) electrons. The molecule has 0 bridgehead atoms. The van der Waals surface area contributed by atoms with Gasteiger partial charge in [0.05, 0.1) is 18.2 Å². The van der Waals surface area contributed by atoms with Crippen LogP contribution in [0.15, 0.2) is 42.5 Å². The minimum atomic E-state index is -0.514. The highest BCUT2D eigenvalue weighted by atomic mass is 16.5. The van der Waals surface area contributed by atoms with E-state index in [1.807, 2.05) is 12.1 Å². The second-order valence-corrected chi connectivity index (χ2v) is 6.38. The van der Waals surface area contributed by atoms with E-state index in [0.29, 0.717) is 16.8 Å². The van der Waals surface area contributed by atoms with Crippen molar-refractivity contribution in [3.63, 3.8) is 0 Å². The van der Waals surface area contributed by atoms with Crippen LogP contribution in [0.3, 0.4) is 0 Å². The smallest absolute Gasteiger partial charge is 0.338 e. The maximum atomic E-state index is 12.2. The highest BCUT2D eigenvalue weighted by molar-refractivity contribution is 5.96. The van der Waals surface area contributed by atoms with Gasteiger partial charge in [0.1, 0.15) is 0 Å². The number of fused-ring (bicyclic) bond motifs is 1. The number of nitrogens with one attached hydrogen (secondary N) is 1. The summed E-state index contributed by atoms with van der Waals surface area (Å²) >= 11 is 0. The van der Waals surface area contributed by atoms with Crippen molar-refractivity contribution in [3.05, 3.63) is 64.7 Å². The number of esters is 2. The first-order valence-electron chi connectivity index (χ1n) is 8.84. The molecule has 6 nitrogen and oxygen atoms in total. The minimum Gasteiger partial charge on any atom is -0.465 e. The molecule has 0 aromatic heterocycles. The van der Waals surface area contributed by atoms with Crippen LogP contribution in [0.4, 0.5) is 5.69 Å². The van der Waals surface area contributed by atoms with E-state index in [1.54, 1.807) is 30.3 Å². The number of amides is 1. The second kappa shape index (κ2) is 8.49. The molecule has 1 aliphatic carbocycles. The maximum Gasteiger partial charge on any atom is 0.338 e. The third kappa shape index (κ3) is 4.73. The Morgan fingerprint density at radius 2 is 1.56 bits per heavy atom. The van der Waals surface area contributed by atoms with Gasteiger partial charge in [0.25, 0.3) is 5.91 Å². The number of methoxy groups -OCH3 is 1. The fourth-order valence-corrected chi connectivity index (χ4v) is 3.08. The molecule has 0 aliphatic heterocycles. The quantitative estimate of drug-likeness (QED) is 0.821. The molecule has 2 aromatic carbocycles. The Balaban J connectivity index is 1.53. The molecular formula is C21H21NO5. The summed E-state index contributed by atoms with van der Waals surface area (Å²) in [5, 5.41) is 2.61. The van der Waals surface area contributed by atoms with E-state index < -0.39 is 17.8 Å². The molecule has 0 heterocycles. The van der Waals surface area contributed by atoms with Crippen LogP contribution in [0.5, 0.6) is 0 Å². The number of benzene rings is 2. The molecule has 2 aromatic rings. The van der Waals surface area contributed by atoms with Crippen LogP contribution in [0.2, 0.25) is 0 Å². The van der Waals surface area contributed by atoms with Crippen molar-refractivity contribution in [1.29, 1.82) is 0 Å². The molecule has 6 heteroatoms. The third-order valence-corrected chi connectivity index (χ3v) is 4.51. The standard InChI is InChI=1S/C21H21NO5/c1-26-20(24)15-8-10-18(11-9-15)22-19(23)13-27-21(25)17-7-6-14-4-2-3-5-16(14)12-17/h6-12H,2-5,13H2,1H3,(H,22,23). The highest BCUT2D eigenvalue weighted by Gasteiger charge is 2.15. The molecule has 0 atom stereocenters. The lowest BCUT2D eigenvalue weighted by molar-refractivity contribution is -0.119. The molecule has 0 spiro atoms. The largest absolute Gasteiger partial charge is 0.465 e. The van der Waals surface area contributed by atoms with Crippen LogP contribution in [0, 0.1) is 0 Å². The Bertz CT molecular complexity index is 857. The molecule has 0 fully saturated rings. The second-order valence-electron chi connectivity index (χ2n) is 6.38. The third-order valence-electron chi connectivity index (χ3n) is 4.51. The zero-order valence-corrected chi connectivity index (χ0v) is 15.1. The zero-order valence-electron chi connectivity index (χ0n) is 15.1. The fraction of sp³-hybridized carbons (Fsp3) is 0.286. The van der Waals surface area contributed by atoms with Gasteiger partial charge in [0.15, 0.2) is 6.61 Å². The van der Waals surface area contributed by atoms with Gasteiger partial charge in [-0.1, -0.05) is 6.07 Å². The Hall–Kier alpha value is -3.15. The van der Waals surface area contributed by atoms with Gasteiger partial charge in [-0.15, -0.1) is 0 Å². The van der Waals surface area contributed by atoms with E-state index in [1.165, 1.54) is 24.7 Å². The van der Waals surface area contributed by atoms with Gasteiger partial charge in [-0.25, -0.2) is 9.59 Å². The minimum absolute atomic E-state index is 0.380. The Kier molecular flexibility index (Phi) is 5.86. The molecule has 3 rings (SSSR count). The lowest BCUT2D eigenvalue weighted by Crippen LogP contribution is -2.21. The number of ether oxygens (including phenoxy) is 2. The van der Waals surface area contributed by atoms with Crippen molar-refractivity contribution in [2.45, 2.75) is 25.7 Å². The van der Waals surface area contributed by atoms with Crippen LogP contribution in [-0.4, -0.2) is 31.6 Å². The molecule has 1 N–H and O–H groups in total. The first-order valence-corrected chi connectivity index (χ1v) is 8.84. The summed E-state index contributed by atoms with van der Waals surface area (Å²) in [6.45, 7) is -0.380. The summed E-state index contributed by atoms with van der Waals surface area (Å²) in [4.78, 5) is 35.5. The van der Waals surface area contributed by atoms with Crippen LogP contribution in [-0.2, 0) is 27.1 Å². The Labute approximate surface area is 157 Å². The van der Waals surface area contributed by atoms with Crippen molar-refractivity contribution >= 4 is 23.5 Å². The Morgan fingerprint density at radius 3 is 2.26 bits per heavy atom. The highest BCUT2D eigenvalue weighted by Crippen LogP contribution is 2.22. The van der Waals surface area contributed by atoms with E-state index in [0.717, 1.165) is 19.3 Å². The molecule has 1 aliphatic rings. The molecule has 27 heavy (non-hydrogen) atoms. The predicted octanol–water partition coefficient (Wildman–Crippen LogP) is 3.15. The van der Waals surface area contributed by atoms with Gasteiger partial charge in [-0.05, 0) is 73.2 Å². The van der Waals surface area contributed by atoms with Gasteiger partial charge in [0.2, 0.25) is 0 Å². The van der Waals surface area contributed by atoms with E-state index in [9.17, 15) is 14.4 Å². The number of anilines is 1. The molecule has 140 valence electrons. The number of hydrogen-bond acceptors (Lipinski definition) is 5. The normalized spacial score (nSPS) is 12.6. The summed E-state index contributed by atoms with van der Waals surface area (Å²) in [5.74, 6) is -1.42. The number of carbonyl (C=O) groups excluding carboxylic acids is 3. The summed E-state index contributed by atoms with van der Waals surface area (Å²) in [5.41, 5.74) is 3.81. The number of rotatable bonds is 5. The van der Waals surface area contributed by atoms with E-state index in [4.69, 9.17) is 4.74 Å². The first-order chi connectivity index (χ1) is 13.1. The average Bonchev–Trinajstić information content (AvgIpc) is 2.71. The summed E-state index contributed by atoms with van der Waals surface area (Å²) in [6.07, 6.45) is 4.32. The average molecular weight is 367 g/mol. The zero-order chi connectivity index (χ0) is 19.2. The van der Waals surface area contributed by atoms with E-state index >= 15 is 0 Å². The Morgan fingerprint density at radius 1 is 0.889 bits per heavy atom. The number of carbonyl (C=O) groups is 3. The maximum absolute atomic E-state index is 12.2. The van der Waals surface area contributed by atoms with Gasteiger partial charge in [0, 0.05) is 5.69 Å². The number of hydrogen-bond donors (Lipinski definition) is 1. The molecule has 0 unspecified atom stereocenters. The summed E-state index contributed by atoms with van der Waals surface area (Å²) in [7, 11) is 1.30. The predicted molar refractivity (Wildman–Crippen MR) is 99.8 cm³/mol. The van der Waals surface area contributed by atoms with Gasteiger partial charge >= 0.3 is 11.9 Å². The van der Waals surface area contributed by atoms with E-state index in [-0.39, 0.29) is 6.61 Å². The topological polar surface area (TPSA) is 81.7 Å². The van der Waals surface area contributed by atoms with Crippen molar-refractivity contribution < 1.29 is 23.9 Å². The molecular weight excluding hydrogens is 346 g/mol.